The van der Waals surface area contributed by atoms with Crippen molar-refractivity contribution < 1.29 is 9.21 Å². The molecule has 0 fully saturated rings. The van der Waals surface area contributed by atoms with Gasteiger partial charge in [-0.25, -0.2) is 0 Å². The van der Waals surface area contributed by atoms with E-state index in [-0.39, 0.29) is 12.1 Å². The molecule has 2 aromatic heterocycles. The van der Waals surface area contributed by atoms with Gasteiger partial charge in [0, 0.05) is 4.88 Å². The van der Waals surface area contributed by atoms with Crippen LogP contribution in [-0.2, 0) is 12.8 Å². The first-order valence-corrected chi connectivity index (χ1v) is 9.43. The van der Waals surface area contributed by atoms with Crippen LogP contribution in [0.5, 0.6) is 0 Å². The van der Waals surface area contributed by atoms with Gasteiger partial charge in [0.1, 0.15) is 16.5 Å². The van der Waals surface area contributed by atoms with Crippen LogP contribution in [-0.4, -0.2) is 5.91 Å². The molecule has 0 aromatic carbocycles. The Labute approximate surface area is 146 Å². The molecule has 2 atom stereocenters. The Balaban J connectivity index is 1.65. The van der Waals surface area contributed by atoms with Gasteiger partial charge in [-0.3, -0.25) is 4.79 Å². The summed E-state index contributed by atoms with van der Waals surface area (Å²) in [5, 5.41) is 7.50. The molecule has 4 rings (SSSR count). The molecule has 0 spiro atoms. The Hall–Kier alpha value is -1.75. The fourth-order valence-electron chi connectivity index (χ4n) is 3.79. The maximum atomic E-state index is 12.7. The minimum atomic E-state index is -0.280. The lowest BCUT2D eigenvalue weighted by Crippen LogP contribution is -2.38. The largest absolute Gasteiger partial charge is 0.462 e. The van der Waals surface area contributed by atoms with Gasteiger partial charge in [0.05, 0.1) is 5.56 Å². The molecule has 1 amide bonds. The van der Waals surface area contributed by atoms with E-state index in [0.29, 0.717) is 11.3 Å². The number of furan rings is 1. The number of carbonyl (C=O) groups is 1. The zero-order valence-corrected chi connectivity index (χ0v) is 15.5. The van der Waals surface area contributed by atoms with Crippen LogP contribution in [0.3, 0.4) is 0 Å². The summed E-state index contributed by atoms with van der Waals surface area (Å²) in [7, 11) is 0. The molecule has 1 aliphatic heterocycles. The first-order valence-electron chi connectivity index (χ1n) is 8.61. The summed E-state index contributed by atoms with van der Waals surface area (Å²) in [6.07, 6.45) is 2.96. The van der Waals surface area contributed by atoms with Crippen molar-refractivity contribution in [2.24, 2.45) is 11.3 Å². The number of hydrogen-bond donors (Lipinski definition) is 2. The molecule has 2 aromatic rings. The van der Waals surface area contributed by atoms with Crippen LogP contribution in [0.2, 0.25) is 0 Å². The zero-order chi connectivity index (χ0) is 17.1. The Morgan fingerprint density at radius 1 is 1.25 bits per heavy atom. The second kappa shape index (κ2) is 5.38. The number of hydrogen-bond acceptors (Lipinski definition) is 4. The summed E-state index contributed by atoms with van der Waals surface area (Å²) >= 11 is 1.75. The second-order valence-electron chi connectivity index (χ2n) is 8.01. The molecule has 4 nitrogen and oxygen atoms in total. The summed E-state index contributed by atoms with van der Waals surface area (Å²) < 4.78 is 5.68. The molecule has 0 unspecified atom stereocenters. The molecule has 2 aliphatic rings. The van der Waals surface area contributed by atoms with Crippen LogP contribution in [0, 0.1) is 18.3 Å². The van der Waals surface area contributed by atoms with Crippen molar-refractivity contribution in [2.75, 3.05) is 5.32 Å². The highest BCUT2D eigenvalue weighted by Crippen LogP contribution is 2.46. The first kappa shape index (κ1) is 15.8. The van der Waals surface area contributed by atoms with Crippen LogP contribution in [0.1, 0.15) is 65.7 Å². The third-order valence-corrected chi connectivity index (χ3v) is 6.50. The van der Waals surface area contributed by atoms with Crippen LogP contribution in [0.15, 0.2) is 16.5 Å². The maximum Gasteiger partial charge on any atom is 0.256 e. The van der Waals surface area contributed by atoms with Crippen LogP contribution < -0.4 is 10.6 Å². The van der Waals surface area contributed by atoms with Crippen LogP contribution in [0.4, 0.5) is 5.00 Å². The summed E-state index contributed by atoms with van der Waals surface area (Å²) in [4.78, 5) is 14.1. The fraction of sp³-hybridized carbons (Fsp3) is 0.526. The van der Waals surface area contributed by atoms with E-state index in [9.17, 15) is 4.79 Å². The predicted octanol–water partition coefficient (Wildman–Crippen LogP) is 4.65. The van der Waals surface area contributed by atoms with Gasteiger partial charge in [-0.1, -0.05) is 20.8 Å². The Morgan fingerprint density at radius 3 is 2.71 bits per heavy atom. The van der Waals surface area contributed by atoms with E-state index in [1.54, 1.807) is 11.3 Å². The monoisotopic (exact) mass is 344 g/mol. The Kier molecular flexibility index (Phi) is 3.53. The number of aryl methyl sites for hydroxylation is 1. The zero-order valence-electron chi connectivity index (χ0n) is 14.7. The molecule has 5 heteroatoms. The lowest BCUT2D eigenvalue weighted by Gasteiger charge is -2.34. The first-order chi connectivity index (χ1) is 11.3. The number of rotatable bonds is 1. The van der Waals surface area contributed by atoms with E-state index in [1.807, 2.05) is 19.1 Å². The summed E-state index contributed by atoms with van der Waals surface area (Å²) in [5.74, 6) is 2.31. The van der Waals surface area contributed by atoms with Gasteiger partial charge in [-0.15, -0.1) is 11.3 Å². The normalized spacial score (nSPS) is 23.2. The number of amides is 1. The summed E-state index contributed by atoms with van der Waals surface area (Å²) in [6.45, 7) is 8.86. The predicted molar refractivity (Wildman–Crippen MR) is 96.6 cm³/mol. The molecular formula is C19H24N2O2S. The van der Waals surface area contributed by atoms with Gasteiger partial charge in [0.25, 0.3) is 5.91 Å². The molecule has 24 heavy (non-hydrogen) atoms. The smallest absolute Gasteiger partial charge is 0.256 e. The third kappa shape index (κ3) is 2.55. The van der Waals surface area contributed by atoms with Crippen molar-refractivity contribution in [3.63, 3.8) is 0 Å². The lowest BCUT2D eigenvalue weighted by atomic mass is 9.72. The van der Waals surface area contributed by atoms with Gasteiger partial charge in [-0.05, 0) is 55.2 Å². The molecule has 0 bridgehead atoms. The molecule has 0 radical (unpaired) electrons. The van der Waals surface area contributed by atoms with E-state index < -0.39 is 0 Å². The van der Waals surface area contributed by atoms with Crippen molar-refractivity contribution in [1.82, 2.24) is 5.32 Å². The van der Waals surface area contributed by atoms with E-state index in [0.717, 1.165) is 41.3 Å². The standard InChI is InChI=1S/C19H24N2O2S/c1-10-5-8-13(23-10)16-20-17(22)15-12-7-6-11(19(2,3)4)9-14(12)24-18(15)21-16/h5,8,11,16,21H,6-7,9H2,1-4H3,(H,20,22)/t11-,16+/m0/s1. The molecule has 3 heterocycles. The Bertz CT molecular complexity index is 797. The van der Waals surface area contributed by atoms with Crippen LogP contribution >= 0.6 is 11.3 Å². The topological polar surface area (TPSA) is 54.3 Å². The van der Waals surface area contributed by atoms with Crippen molar-refractivity contribution in [3.05, 3.63) is 39.7 Å². The molecule has 1 aliphatic carbocycles. The van der Waals surface area contributed by atoms with Gasteiger partial charge in [-0.2, -0.15) is 0 Å². The van der Waals surface area contributed by atoms with Crippen molar-refractivity contribution >= 4 is 22.2 Å². The van der Waals surface area contributed by atoms with Crippen molar-refractivity contribution in [3.8, 4) is 0 Å². The van der Waals surface area contributed by atoms with E-state index in [4.69, 9.17) is 4.42 Å². The summed E-state index contributed by atoms with van der Waals surface area (Å²) in [5.41, 5.74) is 2.43. The average Bonchev–Trinajstić information content (AvgIpc) is 3.08. The molecule has 2 N–H and O–H groups in total. The quantitative estimate of drug-likeness (QED) is 0.791. The molecule has 0 saturated carbocycles. The summed E-state index contributed by atoms with van der Waals surface area (Å²) in [6, 6.07) is 3.84. The highest BCUT2D eigenvalue weighted by molar-refractivity contribution is 7.16. The fourth-order valence-corrected chi connectivity index (χ4v) is 5.14. The Morgan fingerprint density at radius 2 is 2.04 bits per heavy atom. The molecule has 128 valence electrons. The van der Waals surface area contributed by atoms with Crippen molar-refractivity contribution in [2.45, 2.75) is 53.1 Å². The number of nitrogens with one attached hydrogen (secondary N) is 2. The molecule has 0 saturated heterocycles. The van der Waals surface area contributed by atoms with Crippen LogP contribution in [0.25, 0.3) is 0 Å². The highest BCUT2D eigenvalue weighted by Gasteiger charge is 2.36. The third-order valence-electron chi connectivity index (χ3n) is 5.31. The van der Waals surface area contributed by atoms with E-state index >= 15 is 0 Å². The number of fused-ring (bicyclic) bond motifs is 3. The van der Waals surface area contributed by atoms with Gasteiger partial charge >= 0.3 is 0 Å². The highest BCUT2D eigenvalue weighted by atomic mass is 32.1. The van der Waals surface area contributed by atoms with Gasteiger partial charge in [0.15, 0.2) is 6.17 Å². The van der Waals surface area contributed by atoms with E-state index in [1.165, 1.54) is 10.4 Å². The number of carbonyl (C=O) groups excluding carboxylic acids is 1. The average molecular weight is 344 g/mol. The van der Waals surface area contributed by atoms with Crippen molar-refractivity contribution in [1.29, 1.82) is 0 Å². The second-order valence-corrected chi connectivity index (χ2v) is 9.12. The van der Waals surface area contributed by atoms with Gasteiger partial charge < -0.3 is 15.1 Å². The maximum absolute atomic E-state index is 12.7. The number of thiophene rings is 1. The number of anilines is 1. The minimum absolute atomic E-state index is 0.0227. The molecular weight excluding hydrogens is 320 g/mol. The SMILES string of the molecule is Cc1ccc([C@@H]2NC(=O)c3c(sc4c3CC[C@H](C(C)(C)C)C4)N2)o1. The lowest BCUT2D eigenvalue weighted by molar-refractivity contribution is 0.0930. The van der Waals surface area contributed by atoms with Gasteiger partial charge in [0.2, 0.25) is 0 Å². The van der Waals surface area contributed by atoms with E-state index in [2.05, 4.69) is 31.4 Å². The minimum Gasteiger partial charge on any atom is -0.462 e.